The van der Waals surface area contributed by atoms with Gasteiger partial charge in [0.25, 0.3) is 5.91 Å². The number of rotatable bonds is 6. The lowest BCUT2D eigenvalue weighted by Crippen LogP contribution is -2.35. The van der Waals surface area contributed by atoms with Crippen LogP contribution in [0.25, 0.3) is 10.6 Å². The molecule has 5 nitrogen and oxygen atoms in total. The van der Waals surface area contributed by atoms with Gasteiger partial charge >= 0.3 is 0 Å². The predicted molar refractivity (Wildman–Crippen MR) is 109 cm³/mol. The van der Waals surface area contributed by atoms with Gasteiger partial charge in [0.1, 0.15) is 16.5 Å². The number of aryl methyl sites for hydroxylation is 1. The fourth-order valence-corrected chi connectivity index (χ4v) is 3.52. The number of anilines is 1. The zero-order chi connectivity index (χ0) is 20.1. The van der Waals surface area contributed by atoms with Crippen LogP contribution in [0.2, 0.25) is 0 Å². The van der Waals surface area contributed by atoms with E-state index < -0.39 is 0 Å². The van der Waals surface area contributed by atoms with Gasteiger partial charge in [0, 0.05) is 23.7 Å². The minimum atomic E-state index is -0.344. The number of amides is 2. The second-order valence-corrected chi connectivity index (χ2v) is 7.12. The molecule has 0 saturated carbocycles. The van der Waals surface area contributed by atoms with E-state index in [1.807, 2.05) is 31.2 Å². The number of halogens is 1. The van der Waals surface area contributed by atoms with Gasteiger partial charge in [-0.2, -0.15) is 0 Å². The lowest BCUT2D eigenvalue weighted by atomic mass is 10.1. The molecule has 0 fully saturated rings. The third-order valence-electron chi connectivity index (χ3n) is 4.21. The summed E-state index contributed by atoms with van der Waals surface area (Å²) in [5.74, 6) is -0.943. The maximum absolute atomic E-state index is 13.1. The van der Waals surface area contributed by atoms with Gasteiger partial charge in [0.05, 0.1) is 6.54 Å². The summed E-state index contributed by atoms with van der Waals surface area (Å²) in [5, 5.41) is 5.11. The molecule has 3 aromatic rings. The Morgan fingerprint density at radius 3 is 2.57 bits per heavy atom. The maximum Gasteiger partial charge on any atom is 0.273 e. The molecule has 1 aromatic heterocycles. The van der Waals surface area contributed by atoms with Crippen LogP contribution >= 0.6 is 11.3 Å². The first-order valence-electron chi connectivity index (χ1n) is 8.82. The van der Waals surface area contributed by atoms with Crippen molar-refractivity contribution in [2.75, 3.05) is 18.9 Å². The van der Waals surface area contributed by atoms with Gasteiger partial charge in [0.2, 0.25) is 5.91 Å². The van der Waals surface area contributed by atoms with Gasteiger partial charge in [-0.05, 0) is 42.3 Å². The van der Waals surface area contributed by atoms with Crippen LogP contribution in [0, 0.1) is 5.82 Å². The van der Waals surface area contributed by atoms with Crippen molar-refractivity contribution in [2.24, 2.45) is 0 Å². The SMILES string of the molecule is CCc1ccccc1NC(=O)CN(C)C(=O)c1csc(-c2ccc(F)cc2)n1. The first-order chi connectivity index (χ1) is 13.5. The summed E-state index contributed by atoms with van der Waals surface area (Å²) in [7, 11) is 1.56. The van der Waals surface area contributed by atoms with Gasteiger partial charge in [-0.1, -0.05) is 25.1 Å². The summed E-state index contributed by atoms with van der Waals surface area (Å²) in [6, 6.07) is 13.5. The second-order valence-electron chi connectivity index (χ2n) is 6.26. The van der Waals surface area contributed by atoms with Gasteiger partial charge in [0.15, 0.2) is 0 Å². The highest BCUT2D eigenvalue weighted by atomic mass is 32.1. The normalized spacial score (nSPS) is 10.5. The predicted octanol–water partition coefficient (Wildman–Crippen LogP) is 4.22. The molecule has 0 bridgehead atoms. The average molecular weight is 397 g/mol. The lowest BCUT2D eigenvalue weighted by Gasteiger charge is -2.16. The fourth-order valence-electron chi connectivity index (χ4n) is 2.72. The third-order valence-corrected chi connectivity index (χ3v) is 5.11. The minimum absolute atomic E-state index is 0.0830. The second kappa shape index (κ2) is 8.75. The van der Waals surface area contributed by atoms with Crippen molar-refractivity contribution in [2.45, 2.75) is 13.3 Å². The molecule has 0 spiro atoms. The van der Waals surface area contributed by atoms with E-state index in [1.54, 1.807) is 24.6 Å². The lowest BCUT2D eigenvalue weighted by molar-refractivity contribution is -0.116. The van der Waals surface area contributed by atoms with Crippen molar-refractivity contribution in [1.29, 1.82) is 0 Å². The number of carbonyl (C=O) groups excluding carboxylic acids is 2. The maximum atomic E-state index is 13.1. The smallest absolute Gasteiger partial charge is 0.273 e. The molecule has 144 valence electrons. The van der Waals surface area contributed by atoms with Gasteiger partial charge in [-0.3, -0.25) is 9.59 Å². The monoisotopic (exact) mass is 397 g/mol. The number of thiazole rings is 1. The van der Waals surface area contributed by atoms with Crippen LogP contribution < -0.4 is 5.32 Å². The Morgan fingerprint density at radius 1 is 1.14 bits per heavy atom. The average Bonchev–Trinajstić information content (AvgIpc) is 3.18. The van der Waals surface area contributed by atoms with E-state index in [9.17, 15) is 14.0 Å². The quantitative estimate of drug-likeness (QED) is 0.677. The minimum Gasteiger partial charge on any atom is -0.331 e. The molecule has 0 aliphatic heterocycles. The number of nitrogens with one attached hydrogen (secondary N) is 1. The molecule has 0 radical (unpaired) electrons. The van der Waals surface area contributed by atoms with Crippen LogP contribution in [-0.2, 0) is 11.2 Å². The van der Waals surface area contributed by atoms with Crippen molar-refractivity contribution < 1.29 is 14.0 Å². The molecular weight excluding hydrogens is 377 g/mol. The first-order valence-corrected chi connectivity index (χ1v) is 9.70. The Hall–Kier alpha value is -3.06. The number of carbonyl (C=O) groups is 2. The van der Waals surface area contributed by atoms with Crippen molar-refractivity contribution in [3.63, 3.8) is 0 Å². The Kier molecular flexibility index (Phi) is 6.16. The topological polar surface area (TPSA) is 62.3 Å². The third kappa shape index (κ3) is 4.61. The number of aromatic nitrogens is 1. The van der Waals surface area contributed by atoms with Crippen LogP contribution in [0.1, 0.15) is 23.0 Å². The van der Waals surface area contributed by atoms with Crippen LogP contribution in [0.4, 0.5) is 10.1 Å². The number of para-hydroxylation sites is 1. The van der Waals surface area contributed by atoms with E-state index in [0.717, 1.165) is 23.2 Å². The number of hydrogen-bond acceptors (Lipinski definition) is 4. The molecule has 3 rings (SSSR count). The molecule has 0 aliphatic rings. The number of hydrogen-bond donors (Lipinski definition) is 1. The Labute approximate surface area is 166 Å². The fraction of sp³-hybridized carbons (Fsp3) is 0.190. The van der Waals surface area contributed by atoms with Crippen LogP contribution in [-0.4, -0.2) is 35.3 Å². The Balaban J connectivity index is 1.64. The van der Waals surface area contributed by atoms with Gasteiger partial charge in [-0.15, -0.1) is 11.3 Å². The number of benzene rings is 2. The summed E-state index contributed by atoms with van der Waals surface area (Å²) in [5.41, 5.74) is 2.78. The van der Waals surface area contributed by atoms with Crippen molar-refractivity contribution in [1.82, 2.24) is 9.88 Å². The largest absolute Gasteiger partial charge is 0.331 e. The number of nitrogens with zero attached hydrogens (tertiary/aromatic N) is 2. The van der Waals surface area contributed by atoms with Gasteiger partial charge in [-0.25, -0.2) is 9.37 Å². The highest BCUT2D eigenvalue weighted by Crippen LogP contribution is 2.24. The van der Waals surface area contributed by atoms with E-state index in [-0.39, 0.29) is 29.9 Å². The molecule has 0 unspecified atom stereocenters. The van der Waals surface area contributed by atoms with E-state index in [1.165, 1.54) is 28.4 Å². The molecule has 28 heavy (non-hydrogen) atoms. The summed E-state index contributed by atoms with van der Waals surface area (Å²) in [4.78, 5) is 30.6. The molecule has 1 heterocycles. The van der Waals surface area contributed by atoms with Gasteiger partial charge < -0.3 is 10.2 Å². The van der Waals surface area contributed by atoms with Crippen molar-refractivity contribution in [3.8, 4) is 10.6 Å². The summed E-state index contributed by atoms with van der Waals surface area (Å²) >= 11 is 1.30. The molecule has 2 aromatic carbocycles. The van der Waals surface area contributed by atoms with Crippen LogP contribution in [0.5, 0.6) is 0 Å². The molecule has 0 atom stereocenters. The van der Waals surface area contributed by atoms with E-state index in [4.69, 9.17) is 0 Å². The molecule has 2 amide bonds. The van der Waals surface area contributed by atoms with E-state index in [0.29, 0.717) is 5.01 Å². The van der Waals surface area contributed by atoms with Crippen LogP contribution in [0.15, 0.2) is 53.9 Å². The number of likely N-dealkylation sites (N-methyl/N-ethyl adjacent to an activating group) is 1. The molecule has 0 aliphatic carbocycles. The molecule has 7 heteroatoms. The summed E-state index contributed by atoms with van der Waals surface area (Å²) in [6.07, 6.45) is 0.802. The van der Waals surface area contributed by atoms with Crippen molar-refractivity contribution in [3.05, 3.63) is 71.0 Å². The van der Waals surface area contributed by atoms with Crippen molar-refractivity contribution >= 4 is 28.8 Å². The highest BCUT2D eigenvalue weighted by molar-refractivity contribution is 7.13. The molecule has 0 saturated heterocycles. The van der Waals surface area contributed by atoms with Crippen LogP contribution in [0.3, 0.4) is 0 Å². The summed E-state index contributed by atoms with van der Waals surface area (Å²) in [6.45, 7) is 1.93. The van der Waals surface area contributed by atoms with E-state index >= 15 is 0 Å². The zero-order valence-electron chi connectivity index (χ0n) is 15.6. The highest BCUT2D eigenvalue weighted by Gasteiger charge is 2.19. The Morgan fingerprint density at radius 2 is 1.86 bits per heavy atom. The molecular formula is C21H20FN3O2S. The first kappa shape index (κ1) is 19.7. The standard InChI is InChI=1S/C21H20FN3O2S/c1-3-14-6-4-5-7-17(14)23-19(26)12-25(2)21(27)18-13-28-20(24-18)15-8-10-16(22)11-9-15/h4-11,13H,3,12H2,1-2H3,(H,23,26). The van der Waals surface area contributed by atoms with E-state index in [2.05, 4.69) is 10.3 Å². The zero-order valence-corrected chi connectivity index (χ0v) is 16.4. The summed E-state index contributed by atoms with van der Waals surface area (Å²) < 4.78 is 13.1. The Bertz CT molecular complexity index is 985. The molecule has 1 N–H and O–H groups in total.